The van der Waals surface area contributed by atoms with Crippen molar-refractivity contribution in [2.45, 2.75) is 32.7 Å². The number of methoxy groups -OCH3 is 1. The largest absolute Gasteiger partial charge is 0.465 e. The second kappa shape index (κ2) is 8.84. The van der Waals surface area contributed by atoms with Gasteiger partial charge in [-0.3, -0.25) is 0 Å². The number of anilines is 1. The number of nitrogens with zero attached hydrogens (tertiary/aromatic N) is 2. The third-order valence-electron chi connectivity index (χ3n) is 4.48. The van der Waals surface area contributed by atoms with Gasteiger partial charge in [-0.05, 0) is 43.7 Å². The Labute approximate surface area is 164 Å². The number of hydrogen-bond acceptors (Lipinski definition) is 7. The van der Waals surface area contributed by atoms with Gasteiger partial charge in [0.2, 0.25) is 0 Å². The van der Waals surface area contributed by atoms with Gasteiger partial charge >= 0.3 is 11.9 Å². The average Bonchev–Trinajstić information content (AvgIpc) is 2.71. The molecule has 7 nitrogen and oxygen atoms in total. The van der Waals surface area contributed by atoms with Crippen LogP contribution in [0.5, 0.6) is 0 Å². The molecule has 0 spiro atoms. The summed E-state index contributed by atoms with van der Waals surface area (Å²) in [7, 11) is 1.33. The molecule has 1 aliphatic heterocycles. The molecule has 0 aliphatic carbocycles. The summed E-state index contributed by atoms with van der Waals surface area (Å²) in [6.07, 6.45) is 1.86. The van der Waals surface area contributed by atoms with Crippen molar-refractivity contribution in [1.29, 1.82) is 0 Å². The summed E-state index contributed by atoms with van der Waals surface area (Å²) in [4.78, 5) is 30.2. The lowest BCUT2D eigenvalue weighted by Crippen LogP contribution is -2.45. The number of carbonyl (C=O) groups is 2. The third kappa shape index (κ3) is 4.86. The minimum Gasteiger partial charge on any atom is -0.465 e. The number of carbonyl (C=O) groups excluding carboxylic acids is 2. The van der Waals surface area contributed by atoms with Crippen molar-refractivity contribution >= 4 is 17.6 Å². The lowest BCUT2D eigenvalue weighted by molar-refractivity contribution is -0.00522. The normalized spacial score (nSPS) is 19.2. The average molecular weight is 384 g/mol. The number of aromatic nitrogens is 1. The molecule has 2 aromatic rings. The van der Waals surface area contributed by atoms with E-state index in [0.29, 0.717) is 5.56 Å². The fraction of sp³-hybridized carbons (Fsp3) is 0.381. The zero-order valence-corrected chi connectivity index (χ0v) is 16.3. The summed E-state index contributed by atoms with van der Waals surface area (Å²) in [6, 6.07) is 10.3. The second-order valence-corrected chi connectivity index (χ2v) is 6.83. The Morgan fingerprint density at radius 1 is 1.11 bits per heavy atom. The highest BCUT2D eigenvalue weighted by molar-refractivity contribution is 5.89. The van der Waals surface area contributed by atoms with Gasteiger partial charge in [0.05, 0.1) is 24.9 Å². The van der Waals surface area contributed by atoms with E-state index in [1.54, 1.807) is 36.5 Å². The van der Waals surface area contributed by atoms with Crippen LogP contribution in [-0.2, 0) is 20.8 Å². The topological polar surface area (TPSA) is 78.0 Å². The van der Waals surface area contributed by atoms with E-state index in [-0.39, 0.29) is 24.5 Å². The van der Waals surface area contributed by atoms with Gasteiger partial charge in [0, 0.05) is 25.0 Å². The summed E-state index contributed by atoms with van der Waals surface area (Å²) in [5.41, 5.74) is 2.40. The first-order valence-corrected chi connectivity index (χ1v) is 9.17. The van der Waals surface area contributed by atoms with Crippen LogP contribution in [0.2, 0.25) is 0 Å². The van der Waals surface area contributed by atoms with Gasteiger partial charge in [0.15, 0.2) is 0 Å². The summed E-state index contributed by atoms with van der Waals surface area (Å²) in [5, 5.41) is 0. The van der Waals surface area contributed by atoms with Crippen molar-refractivity contribution in [2.24, 2.45) is 0 Å². The number of morpholine rings is 1. The molecule has 3 rings (SSSR count). The molecule has 0 saturated carbocycles. The Kier molecular flexibility index (Phi) is 6.26. The van der Waals surface area contributed by atoms with E-state index >= 15 is 0 Å². The van der Waals surface area contributed by atoms with Crippen molar-refractivity contribution in [2.75, 3.05) is 25.1 Å². The molecule has 0 radical (unpaired) electrons. The SMILES string of the molecule is COC(=O)c1ccc(COC(=O)c2cc(N3C[C@@H](C)O[C@H](C)C3)ccn2)cc1. The van der Waals surface area contributed by atoms with Crippen LogP contribution in [0, 0.1) is 0 Å². The Balaban J connectivity index is 1.62. The van der Waals surface area contributed by atoms with Crippen molar-refractivity contribution in [3.05, 3.63) is 59.4 Å². The lowest BCUT2D eigenvalue weighted by Gasteiger charge is -2.36. The number of hydrogen-bond donors (Lipinski definition) is 0. The van der Waals surface area contributed by atoms with Crippen molar-refractivity contribution in [3.63, 3.8) is 0 Å². The molecule has 1 fully saturated rings. The van der Waals surface area contributed by atoms with Crippen LogP contribution in [0.25, 0.3) is 0 Å². The van der Waals surface area contributed by atoms with Gasteiger partial charge in [0.25, 0.3) is 0 Å². The first kappa shape index (κ1) is 19.8. The van der Waals surface area contributed by atoms with Crippen LogP contribution in [0.15, 0.2) is 42.6 Å². The maximum atomic E-state index is 12.4. The van der Waals surface area contributed by atoms with Crippen LogP contribution in [0.1, 0.15) is 40.3 Å². The van der Waals surface area contributed by atoms with E-state index < -0.39 is 11.9 Å². The fourth-order valence-corrected chi connectivity index (χ4v) is 3.19. The fourth-order valence-electron chi connectivity index (χ4n) is 3.19. The van der Waals surface area contributed by atoms with Crippen LogP contribution in [0.4, 0.5) is 5.69 Å². The lowest BCUT2D eigenvalue weighted by atomic mass is 10.1. The van der Waals surface area contributed by atoms with Crippen LogP contribution >= 0.6 is 0 Å². The summed E-state index contributed by atoms with van der Waals surface area (Å²) in [6.45, 7) is 5.68. The molecule has 1 aromatic heterocycles. The van der Waals surface area contributed by atoms with Gasteiger partial charge in [-0.1, -0.05) is 12.1 Å². The van der Waals surface area contributed by atoms with Crippen molar-refractivity contribution in [3.8, 4) is 0 Å². The molecule has 28 heavy (non-hydrogen) atoms. The maximum absolute atomic E-state index is 12.4. The molecule has 1 aromatic carbocycles. The third-order valence-corrected chi connectivity index (χ3v) is 4.48. The highest BCUT2D eigenvalue weighted by atomic mass is 16.5. The zero-order valence-electron chi connectivity index (χ0n) is 16.3. The molecule has 1 aliphatic rings. The number of benzene rings is 1. The van der Waals surface area contributed by atoms with Gasteiger partial charge in [-0.15, -0.1) is 0 Å². The molecule has 1 saturated heterocycles. The van der Waals surface area contributed by atoms with E-state index in [4.69, 9.17) is 9.47 Å². The van der Waals surface area contributed by atoms with Crippen molar-refractivity contribution < 1.29 is 23.8 Å². The van der Waals surface area contributed by atoms with Crippen LogP contribution in [-0.4, -0.2) is 49.3 Å². The van der Waals surface area contributed by atoms with E-state index in [0.717, 1.165) is 24.3 Å². The zero-order chi connectivity index (χ0) is 20.1. The van der Waals surface area contributed by atoms with E-state index in [1.807, 2.05) is 19.9 Å². The number of pyridine rings is 1. The van der Waals surface area contributed by atoms with Gasteiger partial charge in [-0.2, -0.15) is 0 Å². The molecule has 148 valence electrons. The smallest absolute Gasteiger partial charge is 0.357 e. The Hall–Kier alpha value is -2.93. The predicted octanol–water partition coefficient (Wildman–Crippen LogP) is 2.84. The van der Waals surface area contributed by atoms with Gasteiger partial charge in [-0.25, -0.2) is 14.6 Å². The highest BCUT2D eigenvalue weighted by Crippen LogP contribution is 2.21. The minimum atomic E-state index is -0.492. The first-order chi connectivity index (χ1) is 13.5. The number of esters is 2. The summed E-state index contributed by atoms with van der Waals surface area (Å²) < 4.78 is 15.8. The molecular formula is C21H24N2O5. The van der Waals surface area contributed by atoms with Crippen molar-refractivity contribution in [1.82, 2.24) is 4.98 Å². The van der Waals surface area contributed by atoms with Gasteiger partial charge < -0.3 is 19.1 Å². The second-order valence-electron chi connectivity index (χ2n) is 6.83. The number of ether oxygens (including phenoxy) is 3. The van der Waals surface area contributed by atoms with E-state index in [9.17, 15) is 9.59 Å². The van der Waals surface area contributed by atoms with E-state index in [1.165, 1.54) is 7.11 Å². The molecular weight excluding hydrogens is 360 g/mol. The molecule has 0 unspecified atom stereocenters. The Morgan fingerprint density at radius 3 is 2.43 bits per heavy atom. The quantitative estimate of drug-likeness (QED) is 0.734. The molecule has 0 amide bonds. The molecule has 2 heterocycles. The van der Waals surface area contributed by atoms with Crippen LogP contribution in [0.3, 0.4) is 0 Å². The monoisotopic (exact) mass is 384 g/mol. The summed E-state index contributed by atoms with van der Waals surface area (Å²) in [5.74, 6) is -0.899. The minimum absolute atomic E-state index is 0.0951. The Bertz CT molecular complexity index is 827. The standard InChI is InChI=1S/C21H24N2O5/c1-14-11-23(12-15(2)28-14)18-8-9-22-19(10-18)21(25)27-13-16-4-6-17(7-5-16)20(24)26-3/h4-10,14-15H,11-13H2,1-3H3/t14-,15-/m1/s1. The first-order valence-electron chi connectivity index (χ1n) is 9.17. The molecule has 2 atom stereocenters. The maximum Gasteiger partial charge on any atom is 0.357 e. The molecule has 0 N–H and O–H groups in total. The predicted molar refractivity (Wildman–Crippen MR) is 103 cm³/mol. The molecule has 0 bridgehead atoms. The van der Waals surface area contributed by atoms with Gasteiger partial charge in [0.1, 0.15) is 12.3 Å². The van der Waals surface area contributed by atoms with E-state index in [2.05, 4.69) is 14.6 Å². The Morgan fingerprint density at radius 2 is 1.79 bits per heavy atom. The summed E-state index contributed by atoms with van der Waals surface area (Å²) >= 11 is 0. The molecule has 7 heteroatoms. The van der Waals surface area contributed by atoms with Crippen LogP contribution < -0.4 is 4.90 Å². The number of rotatable bonds is 5. The highest BCUT2D eigenvalue weighted by Gasteiger charge is 2.23.